The number of benzene rings is 1. The van der Waals surface area contributed by atoms with Gasteiger partial charge in [-0.15, -0.1) is 0 Å². The molecular weight excluding hydrogens is 294 g/mol. The van der Waals surface area contributed by atoms with Crippen molar-refractivity contribution in [2.24, 2.45) is 4.99 Å². The molecule has 23 heavy (non-hydrogen) atoms. The Kier molecular flexibility index (Phi) is 6.05. The molecule has 1 aromatic heterocycles. The van der Waals surface area contributed by atoms with Gasteiger partial charge in [-0.05, 0) is 12.0 Å². The van der Waals surface area contributed by atoms with Gasteiger partial charge in [-0.3, -0.25) is 5.32 Å². The maximum Gasteiger partial charge on any atom is 0.412 e. The molecule has 120 valence electrons. The van der Waals surface area contributed by atoms with Crippen molar-refractivity contribution in [2.45, 2.75) is 19.8 Å². The number of rotatable bonds is 6. The molecule has 1 aromatic carbocycles. The number of aliphatic imine (C=N–C) groups is 1. The average Bonchev–Trinajstić information content (AvgIpc) is 2.56. The first kappa shape index (κ1) is 16.4. The van der Waals surface area contributed by atoms with Crippen molar-refractivity contribution in [3.63, 3.8) is 0 Å². The molecule has 1 heterocycles. The number of nitrogen functional groups attached to an aromatic ring is 1. The molecule has 0 saturated carbocycles. The molecule has 0 unspecified atom stereocenters. The van der Waals surface area contributed by atoms with Gasteiger partial charge in [-0.25, -0.2) is 14.8 Å². The molecule has 7 heteroatoms. The quantitative estimate of drug-likeness (QED) is 0.485. The number of hydrogen-bond acceptors (Lipinski definition) is 6. The Balaban J connectivity index is 1.95. The fraction of sp³-hybridized carbons (Fsp3) is 0.250. The first-order chi connectivity index (χ1) is 11.2. The highest BCUT2D eigenvalue weighted by Gasteiger charge is 2.05. The van der Waals surface area contributed by atoms with Crippen LogP contribution in [0, 0.1) is 0 Å². The van der Waals surface area contributed by atoms with E-state index in [1.165, 1.54) is 6.34 Å². The van der Waals surface area contributed by atoms with E-state index >= 15 is 0 Å². The molecule has 0 fully saturated rings. The van der Waals surface area contributed by atoms with Gasteiger partial charge < -0.3 is 10.5 Å². The number of carbonyl (C=O) groups is 1. The van der Waals surface area contributed by atoms with Crippen LogP contribution in [0.2, 0.25) is 0 Å². The maximum atomic E-state index is 11.3. The number of nitrogens with one attached hydrogen (secondary N) is 1. The summed E-state index contributed by atoms with van der Waals surface area (Å²) in [5, 5.41) is 2.38. The smallest absolute Gasteiger partial charge is 0.412 e. The summed E-state index contributed by atoms with van der Waals surface area (Å²) in [5.74, 6) is 0.486. The zero-order chi connectivity index (χ0) is 16.5. The van der Waals surface area contributed by atoms with Crippen molar-refractivity contribution in [1.82, 2.24) is 15.3 Å². The summed E-state index contributed by atoms with van der Waals surface area (Å²) < 4.78 is 4.91. The summed E-state index contributed by atoms with van der Waals surface area (Å²) in [6.45, 7) is 2.40. The van der Waals surface area contributed by atoms with Crippen molar-refractivity contribution in [2.75, 3.05) is 12.3 Å². The molecular formula is C16H19N5O2. The molecule has 7 nitrogen and oxygen atoms in total. The van der Waals surface area contributed by atoms with Crippen LogP contribution in [0.4, 0.5) is 16.6 Å². The summed E-state index contributed by atoms with van der Waals surface area (Å²) in [7, 11) is 0. The number of anilines is 1. The van der Waals surface area contributed by atoms with Crippen LogP contribution in [-0.2, 0) is 4.74 Å². The fourth-order valence-corrected chi connectivity index (χ4v) is 1.78. The van der Waals surface area contributed by atoms with Gasteiger partial charge in [-0.2, -0.15) is 4.98 Å². The number of amides is 1. The van der Waals surface area contributed by atoms with Gasteiger partial charge in [0.15, 0.2) is 0 Å². The van der Waals surface area contributed by atoms with Crippen LogP contribution in [0.5, 0.6) is 0 Å². The molecule has 2 aromatic rings. The van der Waals surface area contributed by atoms with Gasteiger partial charge in [0.1, 0.15) is 12.2 Å². The third-order valence-electron chi connectivity index (χ3n) is 2.98. The zero-order valence-corrected chi connectivity index (χ0v) is 12.9. The standard InChI is InChI=1S/C16H19N5O2/c1-2-3-9-23-16(22)20-11-19-15-18-10-13(14(17)21-15)12-7-5-4-6-8-12/h4-8,10-11H,2-3,9H2,1H3,(H3,17,18,19,20,21,22). The normalized spacial score (nSPS) is 10.7. The van der Waals surface area contributed by atoms with E-state index < -0.39 is 6.09 Å². The predicted octanol–water partition coefficient (Wildman–Crippen LogP) is 2.91. The maximum absolute atomic E-state index is 11.3. The van der Waals surface area contributed by atoms with E-state index in [-0.39, 0.29) is 5.95 Å². The summed E-state index contributed by atoms with van der Waals surface area (Å²) >= 11 is 0. The predicted molar refractivity (Wildman–Crippen MR) is 89.4 cm³/mol. The Morgan fingerprint density at radius 3 is 2.87 bits per heavy atom. The van der Waals surface area contributed by atoms with Crippen LogP contribution < -0.4 is 11.1 Å². The van der Waals surface area contributed by atoms with E-state index in [0.717, 1.165) is 24.0 Å². The molecule has 0 saturated heterocycles. The van der Waals surface area contributed by atoms with Crippen LogP contribution in [0.15, 0.2) is 41.5 Å². The largest absolute Gasteiger partial charge is 0.449 e. The minimum atomic E-state index is -0.559. The Morgan fingerprint density at radius 2 is 2.17 bits per heavy atom. The molecule has 0 atom stereocenters. The number of nitrogens with zero attached hydrogens (tertiary/aromatic N) is 3. The van der Waals surface area contributed by atoms with Crippen molar-refractivity contribution in [3.8, 4) is 11.1 Å². The summed E-state index contributed by atoms with van der Waals surface area (Å²) in [5.41, 5.74) is 7.59. The first-order valence-corrected chi connectivity index (χ1v) is 7.34. The first-order valence-electron chi connectivity index (χ1n) is 7.34. The number of alkyl carbamates (subject to hydrolysis) is 1. The van der Waals surface area contributed by atoms with Crippen molar-refractivity contribution in [3.05, 3.63) is 36.5 Å². The summed E-state index contributed by atoms with van der Waals surface area (Å²) in [4.78, 5) is 23.5. The second kappa shape index (κ2) is 8.47. The van der Waals surface area contributed by atoms with Crippen molar-refractivity contribution < 1.29 is 9.53 Å². The highest BCUT2D eigenvalue weighted by atomic mass is 16.5. The summed E-state index contributed by atoms with van der Waals surface area (Å²) in [6.07, 6.45) is 4.01. The Labute approximate surface area is 134 Å². The second-order valence-corrected chi connectivity index (χ2v) is 4.73. The number of ether oxygens (including phenoxy) is 1. The third kappa shape index (κ3) is 5.06. The molecule has 0 spiro atoms. The monoisotopic (exact) mass is 313 g/mol. The van der Waals surface area contributed by atoms with E-state index in [4.69, 9.17) is 10.5 Å². The van der Waals surface area contributed by atoms with Crippen LogP contribution in [-0.4, -0.2) is 29.0 Å². The fourth-order valence-electron chi connectivity index (χ4n) is 1.78. The highest BCUT2D eigenvalue weighted by molar-refractivity contribution is 5.82. The van der Waals surface area contributed by atoms with Gasteiger partial charge in [0.05, 0.1) is 6.61 Å². The molecule has 2 rings (SSSR count). The highest BCUT2D eigenvalue weighted by Crippen LogP contribution is 2.24. The van der Waals surface area contributed by atoms with E-state index in [0.29, 0.717) is 12.4 Å². The lowest BCUT2D eigenvalue weighted by atomic mass is 10.1. The van der Waals surface area contributed by atoms with Crippen LogP contribution in [0.3, 0.4) is 0 Å². The number of hydrogen-bond donors (Lipinski definition) is 2. The van der Waals surface area contributed by atoms with E-state index in [2.05, 4.69) is 20.3 Å². The lowest BCUT2D eigenvalue weighted by molar-refractivity contribution is 0.150. The summed E-state index contributed by atoms with van der Waals surface area (Å²) in [6, 6.07) is 9.59. The van der Waals surface area contributed by atoms with Gasteiger partial charge in [0.25, 0.3) is 5.95 Å². The Morgan fingerprint density at radius 1 is 1.39 bits per heavy atom. The lowest BCUT2D eigenvalue weighted by Gasteiger charge is -2.04. The van der Waals surface area contributed by atoms with Crippen molar-refractivity contribution in [1.29, 1.82) is 0 Å². The van der Waals surface area contributed by atoms with E-state index in [9.17, 15) is 4.79 Å². The number of aromatic nitrogens is 2. The van der Waals surface area contributed by atoms with E-state index in [1.807, 2.05) is 37.3 Å². The van der Waals surface area contributed by atoms with E-state index in [1.54, 1.807) is 6.20 Å². The molecule has 0 bridgehead atoms. The van der Waals surface area contributed by atoms with Gasteiger partial charge in [0.2, 0.25) is 0 Å². The van der Waals surface area contributed by atoms with Crippen LogP contribution in [0.1, 0.15) is 19.8 Å². The lowest BCUT2D eigenvalue weighted by Crippen LogP contribution is -2.22. The number of carbonyl (C=O) groups excluding carboxylic acids is 1. The SMILES string of the molecule is CCCCOC(=O)NC=Nc1ncc(-c2ccccc2)c(N)n1. The Hall–Kier alpha value is -2.96. The molecule has 0 aliphatic carbocycles. The third-order valence-corrected chi connectivity index (χ3v) is 2.98. The molecule has 0 aliphatic rings. The second-order valence-electron chi connectivity index (χ2n) is 4.73. The van der Waals surface area contributed by atoms with Crippen LogP contribution >= 0.6 is 0 Å². The molecule has 0 radical (unpaired) electrons. The van der Waals surface area contributed by atoms with Crippen molar-refractivity contribution >= 4 is 24.2 Å². The van der Waals surface area contributed by atoms with Gasteiger partial charge in [-0.1, -0.05) is 43.7 Å². The number of unbranched alkanes of at least 4 members (excludes halogenated alkanes) is 1. The minimum Gasteiger partial charge on any atom is -0.449 e. The topological polar surface area (TPSA) is 102 Å². The average molecular weight is 313 g/mol. The number of nitrogens with two attached hydrogens (primary N) is 1. The molecule has 0 aliphatic heterocycles. The van der Waals surface area contributed by atoms with Gasteiger partial charge in [0, 0.05) is 11.8 Å². The minimum absolute atomic E-state index is 0.163. The van der Waals surface area contributed by atoms with Crippen LogP contribution in [0.25, 0.3) is 11.1 Å². The molecule has 3 N–H and O–H groups in total. The molecule has 1 amide bonds. The zero-order valence-electron chi connectivity index (χ0n) is 12.9. The Bertz CT molecular complexity index is 673. The van der Waals surface area contributed by atoms with Gasteiger partial charge >= 0.3 is 6.09 Å².